The van der Waals surface area contributed by atoms with Gasteiger partial charge in [0.15, 0.2) is 11.6 Å². The number of hydrogen-bond donors (Lipinski definition) is 1. The summed E-state index contributed by atoms with van der Waals surface area (Å²) in [4.78, 5) is 11.8. The first kappa shape index (κ1) is 28.7. The molecule has 0 atom stereocenters. The summed E-state index contributed by atoms with van der Waals surface area (Å²) >= 11 is 0. The van der Waals surface area contributed by atoms with E-state index < -0.39 is 0 Å². The lowest BCUT2D eigenvalue weighted by molar-refractivity contribution is 0.360. The second-order valence-corrected chi connectivity index (χ2v) is 10.6. The number of anilines is 1. The third-order valence-corrected chi connectivity index (χ3v) is 7.71. The monoisotopic (exact) mass is 593 g/mol. The molecule has 0 aliphatic carbocycles. The summed E-state index contributed by atoms with van der Waals surface area (Å²) in [5.74, 6) is 2.40. The molecule has 6 rings (SSSR count). The molecule has 0 saturated heterocycles. The smallest absolute Gasteiger partial charge is 0.295 e. The van der Waals surface area contributed by atoms with E-state index in [1.165, 1.54) is 12.1 Å². The van der Waals surface area contributed by atoms with Gasteiger partial charge in [0.2, 0.25) is 0 Å². The minimum absolute atomic E-state index is 0.162. The molecule has 0 aliphatic rings. The highest BCUT2D eigenvalue weighted by molar-refractivity contribution is 5.90. The maximum absolute atomic E-state index is 13.4. The molecule has 44 heavy (non-hydrogen) atoms. The summed E-state index contributed by atoms with van der Waals surface area (Å²) < 4.78 is 31.4. The van der Waals surface area contributed by atoms with E-state index in [2.05, 4.69) is 15.0 Å². The maximum atomic E-state index is 13.4. The van der Waals surface area contributed by atoms with Gasteiger partial charge in [-0.05, 0) is 79.1 Å². The van der Waals surface area contributed by atoms with Gasteiger partial charge in [0, 0.05) is 30.4 Å². The van der Waals surface area contributed by atoms with E-state index in [4.69, 9.17) is 19.0 Å². The van der Waals surface area contributed by atoms with Crippen molar-refractivity contribution in [1.29, 1.82) is 0 Å². The van der Waals surface area contributed by atoms with Crippen molar-refractivity contribution >= 4 is 16.9 Å². The molecule has 3 heterocycles. The summed E-state index contributed by atoms with van der Waals surface area (Å²) in [6.07, 6.45) is 0. The van der Waals surface area contributed by atoms with Gasteiger partial charge in [0.05, 0.1) is 26.3 Å². The third kappa shape index (κ3) is 5.78. The second-order valence-electron chi connectivity index (χ2n) is 10.6. The summed E-state index contributed by atoms with van der Waals surface area (Å²) in [5.41, 5.74) is 6.45. The van der Waals surface area contributed by atoms with Crippen LogP contribution in [-0.2, 0) is 19.6 Å². The number of aromatic nitrogens is 4. The van der Waals surface area contributed by atoms with Crippen LogP contribution in [0.15, 0.2) is 83.4 Å². The Morgan fingerprint density at radius 3 is 2.00 bits per heavy atom. The van der Waals surface area contributed by atoms with Crippen LogP contribution in [0.5, 0.6) is 17.5 Å². The minimum Gasteiger partial charge on any atom is -0.497 e. The number of rotatable bonds is 10. The highest BCUT2D eigenvalue weighted by atomic mass is 19.1. The van der Waals surface area contributed by atoms with Crippen molar-refractivity contribution < 1.29 is 23.5 Å². The lowest BCUT2D eigenvalue weighted by atomic mass is 10.1. The topological polar surface area (TPSA) is 98.7 Å². The number of pyridine rings is 1. The van der Waals surface area contributed by atoms with E-state index in [9.17, 15) is 9.50 Å². The highest BCUT2D eigenvalue weighted by Gasteiger charge is 2.24. The number of hydrogen-bond acceptors (Lipinski definition) is 8. The predicted octanol–water partition coefficient (Wildman–Crippen LogP) is 6.82. The van der Waals surface area contributed by atoms with E-state index in [0.29, 0.717) is 35.9 Å². The summed E-state index contributed by atoms with van der Waals surface area (Å²) in [6.45, 7) is 5.19. The van der Waals surface area contributed by atoms with Crippen molar-refractivity contribution in [3.8, 4) is 28.8 Å². The van der Waals surface area contributed by atoms with Crippen molar-refractivity contribution in [2.24, 2.45) is 0 Å². The largest absolute Gasteiger partial charge is 0.497 e. The molecular formula is C34H32FN5O4. The van der Waals surface area contributed by atoms with Gasteiger partial charge < -0.3 is 24.0 Å². The Morgan fingerprint density at radius 1 is 0.841 bits per heavy atom. The zero-order valence-corrected chi connectivity index (χ0v) is 24.9. The zero-order valence-electron chi connectivity index (χ0n) is 24.9. The Labute approximate surface area is 254 Å². The SMILES string of the molecule is COc1ccc(CN(Cc2ccc(OC)cc2)c2nc(C)c(C)c3c2nc(O)n3Cc2cc(-c3ccc(F)cc3)no2)cc1. The Hall–Kier alpha value is -5.38. The third-order valence-electron chi connectivity index (χ3n) is 7.71. The Balaban J connectivity index is 1.40. The number of methoxy groups -OCH3 is 2. The Morgan fingerprint density at radius 2 is 1.43 bits per heavy atom. The van der Waals surface area contributed by atoms with Crippen LogP contribution in [0.4, 0.5) is 10.2 Å². The summed E-state index contributed by atoms with van der Waals surface area (Å²) in [6, 6.07) is 23.5. The van der Waals surface area contributed by atoms with Crippen LogP contribution in [0.1, 0.15) is 28.1 Å². The molecular weight excluding hydrogens is 561 g/mol. The van der Waals surface area contributed by atoms with Crippen LogP contribution in [0, 0.1) is 19.7 Å². The highest BCUT2D eigenvalue weighted by Crippen LogP contribution is 2.34. The molecule has 0 unspecified atom stereocenters. The fourth-order valence-corrected chi connectivity index (χ4v) is 5.22. The normalized spacial score (nSPS) is 11.2. The fourth-order valence-electron chi connectivity index (χ4n) is 5.22. The lowest BCUT2D eigenvalue weighted by Crippen LogP contribution is -2.24. The van der Waals surface area contributed by atoms with Gasteiger partial charge in [0.25, 0.3) is 6.01 Å². The first-order chi connectivity index (χ1) is 21.3. The predicted molar refractivity (Wildman–Crippen MR) is 166 cm³/mol. The van der Waals surface area contributed by atoms with E-state index in [1.54, 1.807) is 37.0 Å². The minimum atomic E-state index is -0.324. The van der Waals surface area contributed by atoms with Gasteiger partial charge in [-0.1, -0.05) is 29.4 Å². The Bertz CT molecular complexity index is 1850. The standard InChI is InChI=1S/C34H32FN5O4/c1-21-22(2)36-33(39(18-23-5-13-27(42-3)14-6-23)19-24-7-15-28(43-4)16-8-24)31-32(21)40(34(41)37-31)20-29-17-30(38-44-29)25-9-11-26(35)12-10-25/h5-17H,18-20H2,1-4H3,(H,37,41). The van der Waals surface area contributed by atoms with Gasteiger partial charge in [-0.15, -0.1) is 0 Å². The van der Waals surface area contributed by atoms with Crippen LogP contribution in [0.3, 0.4) is 0 Å². The molecule has 1 N–H and O–H groups in total. The molecule has 3 aromatic heterocycles. The maximum Gasteiger partial charge on any atom is 0.295 e. The number of ether oxygens (including phenoxy) is 2. The zero-order chi connectivity index (χ0) is 30.8. The lowest BCUT2D eigenvalue weighted by Gasteiger charge is -2.25. The molecule has 0 amide bonds. The first-order valence-electron chi connectivity index (χ1n) is 14.1. The molecule has 224 valence electrons. The summed E-state index contributed by atoms with van der Waals surface area (Å²) in [5, 5.41) is 15.3. The molecule has 0 aliphatic heterocycles. The number of benzene rings is 3. The number of aryl methyl sites for hydroxylation is 2. The average molecular weight is 594 g/mol. The molecule has 0 bridgehead atoms. The van der Waals surface area contributed by atoms with Gasteiger partial charge in [-0.2, -0.15) is 4.98 Å². The van der Waals surface area contributed by atoms with Crippen molar-refractivity contribution in [3.05, 3.63) is 113 Å². The molecule has 0 saturated carbocycles. The van der Waals surface area contributed by atoms with E-state index in [1.807, 2.05) is 62.4 Å². The van der Waals surface area contributed by atoms with Crippen LogP contribution in [0.25, 0.3) is 22.3 Å². The molecule has 3 aromatic carbocycles. The number of nitrogens with zero attached hydrogens (tertiary/aromatic N) is 5. The first-order valence-corrected chi connectivity index (χ1v) is 14.1. The van der Waals surface area contributed by atoms with Crippen molar-refractivity contribution in [2.45, 2.75) is 33.5 Å². The van der Waals surface area contributed by atoms with Gasteiger partial charge in [-0.3, -0.25) is 4.57 Å². The van der Waals surface area contributed by atoms with Gasteiger partial charge >= 0.3 is 0 Å². The molecule has 0 fully saturated rings. The number of imidazole rings is 1. The van der Waals surface area contributed by atoms with E-state index in [0.717, 1.165) is 45.0 Å². The fraction of sp³-hybridized carbons (Fsp3) is 0.206. The Kier molecular flexibility index (Phi) is 7.89. The number of aromatic hydroxyl groups is 1. The molecule has 0 spiro atoms. The van der Waals surface area contributed by atoms with Crippen molar-refractivity contribution in [3.63, 3.8) is 0 Å². The number of halogens is 1. The molecule has 10 heteroatoms. The number of fused-ring (bicyclic) bond motifs is 1. The van der Waals surface area contributed by atoms with E-state index >= 15 is 0 Å². The molecule has 9 nitrogen and oxygen atoms in total. The molecule has 6 aromatic rings. The van der Waals surface area contributed by atoms with Gasteiger partial charge in [-0.25, -0.2) is 9.37 Å². The van der Waals surface area contributed by atoms with Crippen molar-refractivity contribution in [2.75, 3.05) is 19.1 Å². The van der Waals surface area contributed by atoms with Crippen LogP contribution >= 0.6 is 0 Å². The second kappa shape index (κ2) is 12.1. The molecule has 0 radical (unpaired) electrons. The van der Waals surface area contributed by atoms with E-state index in [-0.39, 0.29) is 18.4 Å². The van der Waals surface area contributed by atoms with Crippen LogP contribution in [-0.4, -0.2) is 39.0 Å². The van der Waals surface area contributed by atoms with Crippen LogP contribution < -0.4 is 14.4 Å². The van der Waals surface area contributed by atoms with Gasteiger partial charge in [0.1, 0.15) is 28.5 Å². The average Bonchev–Trinajstić information content (AvgIpc) is 3.64. The van der Waals surface area contributed by atoms with Crippen LogP contribution in [0.2, 0.25) is 0 Å². The van der Waals surface area contributed by atoms with Crippen molar-refractivity contribution in [1.82, 2.24) is 19.7 Å². The quantitative estimate of drug-likeness (QED) is 0.185. The summed E-state index contributed by atoms with van der Waals surface area (Å²) in [7, 11) is 3.29.